The topological polar surface area (TPSA) is 42.2 Å². The zero-order valence-corrected chi connectivity index (χ0v) is 13.9. The van der Waals surface area contributed by atoms with E-state index in [1.807, 2.05) is 18.3 Å². The second kappa shape index (κ2) is 7.62. The van der Waals surface area contributed by atoms with Gasteiger partial charge in [0.05, 0.1) is 0 Å². The summed E-state index contributed by atoms with van der Waals surface area (Å²) >= 11 is 3.43. The Morgan fingerprint density at radius 1 is 1.20 bits per heavy atom. The van der Waals surface area contributed by atoms with E-state index in [0.29, 0.717) is 5.95 Å². The highest BCUT2D eigenvalue weighted by atomic mass is 79.9. The van der Waals surface area contributed by atoms with Crippen molar-refractivity contribution in [3.8, 4) is 0 Å². The summed E-state index contributed by atoms with van der Waals surface area (Å²) in [6.45, 7) is 5.52. The van der Waals surface area contributed by atoms with Gasteiger partial charge in [-0.3, -0.25) is 0 Å². The Labute approximate surface area is 129 Å². The van der Waals surface area contributed by atoms with Gasteiger partial charge in [0, 0.05) is 17.2 Å². The Balaban J connectivity index is 1.68. The summed E-state index contributed by atoms with van der Waals surface area (Å²) in [5.41, 5.74) is 0.868. The van der Waals surface area contributed by atoms with Crippen molar-refractivity contribution in [3.05, 3.63) is 22.8 Å². The Morgan fingerprint density at radius 3 is 2.80 bits per heavy atom. The number of hydrogen-bond acceptors (Lipinski definition) is 3. The summed E-state index contributed by atoms with van der Waals surface area (Å²) in [5, 5.41) is 7.69. The van der Waals surface area contributed by atoms with Crippen LogP contribution in [0.4, 0.5) is 5.95 Å². The first-order valence-corrected chi connectivity index (χ1v) is 8.20. The van der Waals surface area contributed by atoms with Crippen LogP contribution >= 0.6 is 15.9 Å². The summed E-state index contributed by atoms with van der Waals surface area (Å²) in [4.78, 5) is 4.43. The van der Waals surface area contributed by atoms with E-state index in [-0.39, 0.29) is 0 Å². The fourth-order valence-corrected chi connectivity index (χ4v) is 2.49. The van der Waals surface area contributed by atoms with E-state index < -0.39 is 0 Å². The molecule has 2 rings (SSSR count). The predicted octanol–water partition coefficient (Wildman–Crippen LogP) is 4.51. The fourth-order valence-electron chi connectivity index (χ4n) is 2.16. The zero-order chi connectivity index (χ0) is 14.4. The Morgan fingerprint density at radius 2 is 2.00 bits per heavy atom. The summed E-state index contributed by atoms with van der Waals surface area (Å²) in [6, 6.07) is 3.93. The van der Waals surface area contributed by atoms with Crippen molar-refractivity contribution in [2.75, 3.05) is 11.9 Å². The van der Waals surface area contributed by atoms with Crippen LogP contribution in [0, 0.1) is 5.92 Å². The van der Waals surface area contributed by atoms with Gasteiger partial charge in [0.15, 0.2) is 5.65 Å². The SMILES string of the molecule is CC(C)CCCCCCNc1nc2ccc(Br)cn2n1. The Bertz CT molecular complexity index is 536. The molecular formula is C15H23BrN4. The van der Waals surface area contributed by atoms with Gasteiger partial charge in [-0.25, -0.2) is 4.52 Å². The lowest BCUT2D eigenvalue weighted by Crippen LogP contribution is -2.03. The van der Waals surface area contributed by atoms with E-state index in [1.54, 1.807) is 4.52 Å². The quantitative estimate of drug-likeness (QED) is 0.720. The monoisotopic (exact) mass is 338 g/mol. The van der Waals surface area contributed by atoms with E-state index in [4.69, 9.17) is 0 Å². The lowest BCUT2D eigenvalue weighted by molar-refractivity contribution is 0.523. The van der Waals surface area contributed by atoms with Crippen molar-refractivity contribution < 1.29 is 0 Å². The van der Waals surface area contributed by atoms with Crippen molar-refractivity contribution in [2.45, 2.75) is 46.0 Å². The second-order valence-electron chi connectivity index (χ2n) is 5.61. The standard InChI is InChI=1S/C15H23BrN4/c1-12(2)7-5-3-4-6-10-17-15-18-14-9-8-13(16)11-20(14)19-15/h8-9,11-12H,3-7,10H2,1-2H3,(H,17,19). The number of aromatic nitrogens is 3. The van der Waals surface area contributed by atoms with Crippen LogP contribution in [0.25, 0.3) is 5.65 Å². The van der Waals surface area contributed by atoms with Crippen molar-refractivity contribution in [2.24, 2.45) is 5.92 Å². The molecule has 0 atom stereocenters. The summed E-state index contributed by atoms with van der Waals surface area (Å²) < 4.78 is 2.79. The molecule has 0 amide bonds. The van der Waals surface area contributed by atoms with Crippen LogP contribution in [0.5, 0.6) is 0 Å². The minimum atomic E-state index is 0.713. The molecule has 0 saturated carbocycles. The van der Waals surface area contributed by atoms with E-state index in [9.17, 15) is 0 Å². The third-order valence-corrected chi connectivity index (χ3v) is 3.76. The van der Waals surface area contributed by atoms with Crippen molar-refractivity contribution in [3.63, 3.8) is 0 Å². The molecule has 0 aliphatic rings. The van der Waals surface area contributed by atoms with Gasteiger partial charge in [-0.15, -0.1) is 5.10 Å². The van der Waals surface area contributed by atoms with Gasteiger partial charge in [-0.2, -0.15) is 4.98 Å². The minimum Gasteiger partial charge on any atom is -0.353 e. The number of nitrogens with one attached hydrogen (secondary N) is 1. The molecule has 0 bridgehead atoms. The first-order chi connectivity index (χ1) is 9.65. The molecular weight excluding hydrogens is 316 g/mol. The Hall–Kier alpha value is -1.10. The van der Waals surface area contributed by atoms with Crippen LogP contribution in [0.1, 0.15) is 46.0 Å². The first-order valence-electron chi connectivity index (χ1n) is 7.41. The smallest absolute Gasteiger partial charge is 0.243 e. The van der Waals surface area contributed by atoms with Crippen molar-refractivity contribution >= 4 is 27.5 Å². The third-order valence-electron chi connectivity index (χ3n) is 3.29. The average Bonchev–Trinajstić information content (AvgIpc) is 2.79. The minimum absolute atomic E-state index is 0.713. The van der Waals surface area contributed by atoms with Crippen LogP contribution in [0.15, 0.2) is 22.8 Å². The molecule has 0 aromatic carbocycles. The van der Waals surface area contributed by atoms with Crippen LogP contribution < -0.4 is 5.32 Å². The van der Waals surface area contributed by atoms with Crippen LogP contribution in [0.2, 0.25) is 0 Å². The van der Waals surface area contributed by atoms with Crippen LogP contribution in [0.3, 0.4) is 0 Å². The molecule has 0 aliphatic heterocycles. The highest BCUT2D eigenvalue weighted by Crippen LogP contribution is 2.13. The number of unbranched alkanes of at least 4 members (excludes halogenated alkanes) is 3. The molecule has 0 spiro atoms. The second-order valence-corrected chi connectivity index (χ2v) is 6.52. The molecule has 5 heteroatoms. The molecule has 0 aliphatic carbocycles. The summed E-state index contributed by atoms with van der Waals surface area (Å²) in [6.07, 6.45) is 8.38. The highest BCUT2D eigenvalue weighted by Gasteiger charge is 2.02. The van der Waals surface area contributed by atoms with Crippen LogP contribution in [-0.4, -0.2) is 21.1 Å². The fraction of sp³-hybridized carbons (Fsp3) is 0.600. The van der Waals surface area contributed by atoms with Crippen LogP contribution in [-0.2, 0) is 0 Å². The zero-order valence-electron chi connectivity index (χ0n) is 12.3. The summed E-state index contributed by atoms with van der Waals surface area (Å²) in [7, 11) is 0. The normalized spacial score (nSPS) is 11.4. The van der Waals surface area contributed by atoms with Crippen molar-refractivity contribution in [1.29, 1.82) is 0 Å². The van der Waals surface area contributed by atoms with Crippen molar-refractivity contribution in [1.82, 2.24) is 14.6 Å². The van der Waals surface area contributed by atoms with Gasteiger partial charge in [0.25, 0.3) is 0 Å². The predicted molar refractivity (Wildman–Crippen MR) is 87.1 cm³/mol. The molecule has 110 valence electrons. The lowest BCUT2D eigenvalue weighted by atomic mass is 10.0. The average molecular weight is 339 g/mol. The van der Waals surface area contributed by atoms with E-state index in [2.05, 4.69) is 45.2 Å². The molecule has 1 N–H and O–H groups in total. The molecule has 20 heavy (non-hydrogen) atoms. The van der Waals surface area contributed by atoms with Gasteiger partial charge in [-0.1, -0.05) is 39.5 Å². The lowest BCUT2D eigenvalue weighted by Gasteiger charge is -2.04. The molecule has 2 heterocycles. The molecule has 0 saturated heterocycles. The van der Waals surface area contributed by atoms with Gasteiger partial charge < -0.3 is 5.32 Å². The maximum atomic E-state index is 4.43. The maximum Gasteiger partial charge on any atom is 0.243 e. The Kier molecular flexibility index (Phi) is 5.83. The number of nitrogens with zero attached hydrogens (tertiary/aromatic N) is 3. The van der Waals surface area contributed by atoms with Gasteiger partial charge in [-0.05, 0) is 40.4 Å². The number of rotatable bonds is 8. The number of pyridine rings is 1. The molecule has 2 aromatic heterocycles. The number of anilines is 1. The third kappa shape index (κ3) is 4.78. The van der Waals surface area contributed by atoms with E-state index in [0.717, 1.165) is 22.6 Å². The van der Waals surface area contributed by atoms with E-state index >= 15 is 0 Å². The van der Waals surface area contributed by atoms with Gasteiger partial charge >= 0.3 is 0 Å². The molecule has 0 unspecified atom stereocenters. The molecule has 4 nitrogen and oxygen atoms in total. The highest BCUT2D eigenvalue weighted by molar-refractivity contribution is 9.10. The number of halogens is 1. The summed E-state index contributed by atoms with van der Waals surface area (Å²) in [5.74, 6) is 1.54. The molecule has 0 radical (unpaired) electrons. The number of fused-ring (bicyclic) bond motifs is 1. The van der Waals surface area contributed by atoms with Gasteiger partial charge in [0.1, 0.15) is 0 Å². The number of hydrogen-bond donors (Lipinski definition) is 1. The molecule has 2 aromatic rings. The van der Waals surface area contributed by atoms with Gasteiger partial charge in [0.2, 0.25) is 5.95 Å². The van der Waals surface area contributed by atoms with E-state index in [1.165, 1.54) is 32.1 Å². The largest absolute Gasteiger partial charge is 0.353 e. The molecule has 0 fully saturated rings. The maximum absolute atomic E-state index is 4.43. The first kappa shape index (κ1) is 15.3.